The molecule has 8 heteroatoms. The number of amides is 3. The van der Waals surface area contributed by atoms with E-state index in [2.05, 4.69) is 10.6 Å². The highest BCUT2D eigenvalue weighted by Gasteiger charge is 2.33. The Balaban J connectivity index is 2.20. The van der Waals surface area contributed by atoms with Gasteiger partial charge in [-0.3, -0.25) is 9.59 Å². The van der Waals surface area contributed by atoms with Crippen LogP contribution in [0, 0.1) is 5.92 Å². The van der Waals surface area contributed by atoms with Gasteiger partial charge in [-0.15, -0.1) is 0 Å². The molecular weight excluding hydrogens is 370 g/mol. The zero-order valence-corrected chi connectivity index (χ0v) is 16.8. The molecule has 1 heterocycles. The first-order chi connectivity index (χ1) is 12.5. The fraction of sp³-hybridized carbons (Fsp3) is 0.526. The van der Waals surface area contributed by atoms with E-state index in [-0.39, 0.29) is 35.1 Å². The summed E-state index contributed by atoms with van der Waals surface area (Å²) in [5, 5.41) is 15.0. The van der Waals surface area contributed by atoms with E-state index in [4.69, 9.17) is 11.6 Å². The Morgan fingerprint density at radius 2 is 1.89 bits per heavy atom. The molecular formula is C19H26ClN3O4. The van der Waals surface area contributed by atoms with Crippen LogP contribution < -0.4 is 10.6 Å². The molecule has 1 saturated heterocycles. The highest BCUT2D eigenvalue weighted by atomic mass is 35.5. The number of anilines is 1. The fourth-order valence-corrected chi connectivity index (χ4v) is 3.21. The van der Waals surface area contributed by atoms with Gasteiger partial charge in [-0.2, -0.15) is 0 Å². The van der Waals surface area contributed by atoms with Crippen molar-refractivity contribution >= 4 is 35.2 Å². The smallest absolute Gasteiger partial charge is 0.319 e. The molecule has 3 amide bonds. The van der Waals surface area contributed by atoms with E-state index in [0.717, 1.165) is 0 Å². The van der Waals surface area contributed by atoms with E-state index in [9.17, 15) is 19.5 Å². The van der Waals surface area contributed by atoms with Crippen LogP contribution in [0.5, 0.6) is 0 Å². The van der Waals surface area contributed by atoms with Crippen LogP contribution in [-0.2, 0) is 4.79 Å². The summed E-state index contributed by atoms with van der Waals surface area (Å²) in [6, 6.07) is 4.21. The molecule has 0 aromatic heterocycles. The van der Waals surface area contributed by atoms with Crippen molar-refractivity contribution in [1.82, 2.24) is 10.2 Å². The highest BCUT2D eigenvalue weighted by molar-refractivity contribution is 6.34. The van der Waals surface area contributed by atoms with E-state index in [0.29, 0.717) is 18.5 Å². The number of carbonyl (C=O) groups is 3. The number of carbonyl (C=O) groups excluding carboxylic acids is 2. The number of hydrogen-bond acceptors (Lipinski definition) is 3. The number of halogens is 1. The minimum atomic E-state index is -0.903. The summed E-state index contributed by atoms with van der Waals surface area (Å²) in [6.07, 6.45) is 1.16. The Labute approximate surface area is 164 Å². The van der Waals surface area contributed by atoms with Crippen molar-refractivity contribution in [2.24, 2.45) is 5.92 Å². The lowest BCUT2D eigenvalue weighted by Gasteiger charge is -2.36. The van der Waals surface area contributed by atoms with Gasteiger partial charge in [0.25, 0.3) is 5.91 Å². The number of nitrogens with zero attached hydrogens (tertiary/aromatic N) is 1. The average Bonchev–Trinajstić information content (AvgIpc) is 2.54. The zero-order valence-electron chi connectivity index (χ0n) is 16.0. The van der Waals surface area contributed by atoms with Gasteiger partial charge < -0.3 is 20.6 Å². The molecule has 2 unspecified atom stereocenters. The summed E-state index contributed by atoms with van der Waals surface area (Å²) in [5.41, 5.74) is 0.275. The molecule has 0 saturated carbocycles. The number of piperidine rings is 1. The number of rotatable bonds is 3. The maximum atomic E-state index is 13.0. The van der Waals surface area contributed by atoms with Crippen LogP contribution in [0.2, 0.25) is 5.02 Å². The van der Waals surface area contributed by atoms with Gasteiger partial charge in [0.05, 0.1) is 16.5 Å². The minimum Gasteiger partial charge on any atom is -0.481 e. The maximum absolute atomic E-state index is 13.0. The Bertz CT molecular complexity index is 745. The zero-order chi connectivity index (χ0) is 20.4. The number of benzene rings is 1. The molecule has 1 aliphatic heterocycles. The molecule has 0 bridgehead atoms. The van der Waals surface area contributed by atoms with Gasteiger partial charge in [0.2, 0.25) is 0 Å². The van der Waals surface area contributed by atoms with Gasteiger partial charge in [0.15, 0.2) is 0 Å². The molecule has 2 rings (SSSR count). The van der Waals surface area contributed by atoms with Gasteiger partial charge in [-0.25, -0.2) is 4.79 Å². The van der Waals surface area contributed by atoms with Crippen molar-refractivity contribution in [2.45, 2.75) is 52.1 Å². The predicted molar refractivity (Wildman–Crippen MR) is 104 cm³/mol. The molecule has 0 aliphatic carbocycles. The SMILES string of the molecule is CC1CCC(C(=O)O)CN1C(=O)c1cc(NC(=O)NC(C)(C)C)ccc1Cl. The van der Waals surface area contributed by atoms with Gasteiger partial charge in [-0.05, 0) is 58.7 Å². The van der Waals surface area contributed by atoms with Gasteiger partial charge in [-0.1, -0.05) is 11.6 Å². The van der Waals surface area contributed by atoms with Crippen LogP contribution in [0.15, 0.2) is 18.2 Å². The quantitative estimate of drug-likeness (QED) is 0.728. The monoisotopic (exact) mass is 395 g/mol. The standard InChI is InChI=1S/C19H26ClN3O4/c1-11-5-6-12(17(25)26)10-23(11)16(24)14-9-13(7-8-15(14)20)21-18(27)22-19(2,3)4/h7-9,11-12H,5-6,10H2,1-4H3,(H,25,26)(H2,21,22,27). The van der Waals surface area contributed by atoms with Crippen molar-refractivity contribution in [1.29, 1.82) is 0 Å². The lowest BCUT2D eigenvalue weighted by molar-refractivity contribution is -0.143. The number of likely N-dealkylation sites (tertiary alicyclic amines) is 1. The van der Waals surface area contributed by atoms with Crippen LogP contribution in [0.3, 0.4) is 0 Å². The molecule has 1 aromatic rings. The lowest BCUT2D eigenvalue weighted by Crippen LogP contribution is -2.47. The molecule has 0 spiro atoms. The van der Waals surface area contributed by atoms with Crippen LogP contribution in [0.25, 0.3) is 0 Å². The first-order valence-corrected chi connectivity index (χ1v) is 9.28. The summed E-state index contributed by atoms with van der Waals surface area (Å²) in [7, 11) is 0. The number of carboxylic acid groups (broad SMARTS) is 1. The van der Waals surface area contributed by atoms with Crippen LogP contribution in [-0.4, -0.2) is 46.0 Å². The van der Waals surface area contributed by atoms with Crippen LogP contribution >= 0.6 is 11.6 Å². The third-order valence-corrected chi connectivity index (χ3v) is 4.76. The summed E-state index contributed by atoms with van der Waals surface area (Å²) in [5.74, 6) is -1.82. The predicted octanol–water partition coefficient (Wildman–Crippen LogP) is 3.59. The Kier molecular flexibility index (Phi) is 6.36. The van der Waals surface area contributed by atoms with Crippen LogP contribution in [0.1, 0.15) is 50.9 Å². The highest BCUT2D eigenvalue weighted by Crippen LogP contribution is 2.28. The molecule has 2 atom stereocenters. The normalized spacial score (nSPS) is 20.1. The molecule has 7 nitrogen and oxygen atoms in total. The van der Waals surface area contributed by atoms with Crippen molar-refractivity contribution in [3.8, 4) is 0 Å². The summed E-state index contributed by atoms with van der Waals surface area (Å²) < 4.78 is 0. The summed E-state index contributed by atoms with van der Waals surface area (Å²) in [6.45, 7) is 7.62. The van der Waals surface area contributed by atoms with Gasteiger partial charge >= 0.3 is 12.0 Å². The third kappa shape index (κ3) is 5.60. The Morgan fingerprint density at radius 3 is 2.48 bits per heavy atom. The second-order valence-corrected chi connectivity index (χ2v) is 8.35. The van der Waals surface area contributed by atoms with Crippen molar-refractivity contribution in [3.63, 3.8) is 0 Å². The third-order valence-electron chi connectivity index (χ3n) is 4.44. The Hall–Kier alpha value is -2.28. The number of nitrogens with one attached hydrogen (secondary N) is 2. The first kappa shape index (κ1) is 21.0. The van der Waals surface area contributed by atoms with Crippen molar-refractivity contribution < 1.29 is 19.5 Å². The minimum absolute atomic E-state index is 0.0787. The topological polar surface area (TPSA) is 98.7 Å². The largest absolute Gasteiger partial charge is 0.481 e. The number of carboxylic acids is 1. The van der Waals surface area contributed by atoms with E-state index in [1.54, 1.807) is 17.0 Å². The van der Waals surface area contributed by atoms with Gasteiger partial charge in [0.1, 0.15) is 0 Å². The van der Waals surface area contributed by atoms with Gasteiger partial charge in [0, 0.05) is 23.8 Å². The fourth-order valence-electron chi connectivity index (χ4n) is 3.02. The molecule has 3 N–H and O–H groups in total. The summed E-state index contributed by atoms with van der Waals surface area (Å²) >= 11 is 6.21. The van der Waals surface area contributed by atoms with Crippen LogP contribution in [0.4, 0.5) is 10.5 Å². The number of aliphatic carboxylic acids is 1. The maximum Gasteiger partial charge on any atom is 0.319 e. The number of hydrogen-bond donors (Lipinski definition) is 3. The van der Waals surface area contributed by atoms with E-state index < -0.39 is 17.4 Å². The number of urea groups is 1. The summed E-state index contributed by atoms with van der Waals surface area (Å²) in [4.78, 5) is 37.9. The van der Waals surface area contributed by atoms with E-state index in [1.165, 1.54) is 6.07 Å². The second-order valence-electron chi connectivity index (χ2n) is 7.94. The molecule has 1 fully saturated rings. The lowest BCUT2D eigenvalue weighted by atomic mass is 9.93. The molecule has 0 radical (unpaired) electrons. The van der Waals surface area contributed by atoms with Crippen molar-refractivity contribution in [2.75, 3.05) is 11.9 Å². The molecule has 1 aliphatic rings. The second kappa shape index (κ2) is 8.17. The molecule has 27 heavy (non-hydrogen) atoms. The Morgan fingerprint density at radius 1 is 1.22 bits per heavy atom. The average molecular weight is 396 g/mol. The van der Waals surface area contributed by atoms with E-state index in [1.807, 2.05) is 27.7 Å². The first-order valence-electron chi connectivity index (χ1n) is 8.90. The molecule has 148 valence electrons. The molecule has 1 aromatic carbocycles. The van der Waals surface area contributed by atoms with E-state index >= 15 is 0 Å². The van der Waals surface area contributed by atoms with Crippen molar-refractivity contribution in [3.05, 3.63) is 28.8 Å².